The molecule has 1 aromatic rings. The maximum Gasteiger partial charge on any atom is 0.222 e. The molecule has 0 aliphatic heterocycles. The number of nitrogens with zero attached hydrogens (tertiary/aromatic N) is 2. The molecular formula is C8H14N4O. The van der Waals surface area contributed by atoms with Crippen molar-refractivity contribution < 1.29 is 5.11 Å². The first kappa shape index (κ1) is 9.73. The molecule has 0 radical (unpaired) electrons. The van der Waals surface area contributed by atoms with Crippen LogP contribution in [0, 0.1) is 0 Å². The van der Waals surface area contributed by atoms with Gasteiger partial charge in [-0.1, -0.05) is 0 Å². The summed E-state index contributed by atoms with van der Waals surface area (Å²) in [7, 11) is 0. The Balaban J connectivity index is 2.33. The third-order valence-electron chi connectivity index (χ3n) is 1.52. The van der Waals surface area contributed by atoms with E-state index >= 15 is 0 Å². The van der Waals surface area contributed by atoms with Crippen LogP contribution < -0.4 is 11.1 Å². The molecule has 72 valence electrons. The summed E-state index contributed by atoms with van der Waals surface area (Å²) in [4.78, 5) is 7.89. The summed E-state index contributed by atoms with van der Waals surface area (Å²) >= 11 is 0. The molecule has 0 aliphatic rings. The van der Waals surface area contributed by atoms with Crippen LogP contribution in [0.5, 0.6) is 0 Å². The molecular weight excluding hydrogens is 168 g/mol. The van der Waals surface area contributed by atoms with Crippen molar-refractivity contribution >= 4 is 11.6 Å². The molecule has 0 amide bonds. The highest BCUT2D eigenvalue weighted by Gasteiger charge is 1.97. The second-order valence-corrected chi connectivity index (χ2v) is 2.90. The Bertz CT molecular complexity index is 247. The third-order valence-corrected chi connectivity index (χ3v) is 1.52. The second kappa shape index (κ2) is 4.61. The first-order chi connectivity index (χ1) is 6.18. The molecule has 13 heavy (non-hydrogen) atoms. The topological polar surface area (TPSA) is 84.1 Å². The van der Waals surface area contributed by atoms with Crippen molar-refractivity contribution in [3.8, 4) is 0 Å². The predicted molar refractivity (Wildman–Crippen MR) is 51.2 cm³/mol. The van der Waals surface area contributed by atoms with Crippen LogP contribution >= 0.6 is 0 Å². The van der Waals surface area contributed by atoms with Crippen molar-refractivity contribution in [1.82, 2.24) is 9.97 Å². The average molecular weight is 182 g/mol. The quantitative estimate of drug-likeness (QED) is 0.621. The third kappa shape index (κ3) is 3.71. The van der Waals surface area contributed by atoms with Crippen molar-refractivity contribution in [2.45, 2.75) is 19.4 Å². The summed E-state index contributed by atoms with van der Waals surface area (Å²) in [5.41, 5.74) is 5.95. The van der Waals surface area contributed by atoms with Crippen LogP contribution in [0.1, 0.15) is 13.3 Å². The molecule has 5 nitrogen and oxygen atoms in total. The Labute approximate surface area is 77.0 Å². The Morgan fingerprint density at radius 2 is 2.15 bits per heavy atom. The number of nitrogens with two attached hydrogens (primary N) is 1. The largest absolute Gasteiger partial charge is 0.396 e. The summed E-state index contributed by atoms with van der Waals surface area (Å²) in [5, 5.41) is 11.9. The smallest absolute Gasteiger partial charge is 0.222 e. The molecule has 1 aromatic heterocycles. The highest BCUT2D eigenvalue weighted by Crippen LogP contribution is 2.00. The number of anilines is 2. The fourth-order valence-corrected chi connectivity index (χ4v) is 0.822. The number of rotatable bonds is 4. The average Bonchev–Trinajstić information content (AvgIpc) is 2.08. The van der Waals surface area contributed by atoms with Gasteiger partial charge in [0.15, 0.2) is 0 Å². The molecule has 0 aliphatic carbocycles. The summed E-state index contributed by atoms with van der Waals surface area (Å²) in [5.74, 6) is 0.537. The van der Waals surface area contributed by atoms with Crippen LogP contribution in [0.2, 0.25) is 0 Å². The molecule has 0 aromatic carbocycles. The lowest BCUT2D eigenvalue weighted by Gasteiger charge is -2.05. The van der Waals surface area contributed by atoms with Crippen molar-refractivity contribution in [1.29, 1.82) is 0 Å². The highest BCUT2D eigenvalue weighted by molar-refractivity contribution is 5.35. The molecule has 0 spiro atoms. The van der Waals surface area contributed by atoms with Crippen LogP contribution in [0.15, 0.2) is 12.4 Å². The van der Waals surface area contributed by atoms with E-state index in [0.29, 0.717) is 24.6 Å². The van der Waals surface area contributed by atoms with E-state index in [9.17, 15) is 0 Å². The first-order valence-electron chi connectivity index (χ1n) is 4.18. The normalized spacial score (nSPS) is 12.5. The minimum atomic E-state index is -0.304. The number of nitrogens with one attached hydrogen (secondary N) is 1. The fourth-order valence-electron chi connectivity index (χ4n) is 0.822. The molecule has 1 rings (SSSR count). The van der Waals surface area contributed by atoms with Gasteiger partial charge in [-0.05, 0) is 13.3 Å². The van der Waals surface area contributed by atoms with Gasteiger partial charge in [0.2, 0.25) is 5.95 Å². The van der Waals surface area contributed by atoms with Crippen molar-refractivity contribution in [2.24, 2.45) is 0 Å². The number of aliphatic hydroxyl groups is 1. The zero-order valence-corrected chi connectivity index (χ0v) is 7.57. The number of aromatic nitrogens is 2. The van der Waals surface area contributed by atoms with Crippen molar-refractivity contribution in [2.75, 3.05) is 17.6 Å². The molecule has 5 heteroatoms. The Hall–Kier alpha value is -1.36. The molecule has 0 bridgehead atoms. The van der Waals surface area contributed by atoms with Crippen LogP contribution in [0.3, 0.4) is 0 Å². The van der Waals surface area contributed by atoms with E-state index in [-0.39, 0.29) is 6.10 Å². The van der Waals surface area contributed by atoms with E-state index in [2.05, 4.69) is 15.3 Å². The molecule has 1 atom stereocenters. The number of nitrogen functional groups attached to an aromatic ring is 1. The van der Waals surface area contributed by atoms with Crippen LogP contribution in [0.4, 0.5) is 11.6 Å². The highest BCUT2D eigenvalue weighted by atomic mass is 16.3. The van der Waals surface area contributed by atoms with Gasteiger partial charge in [0, 0.05) is 6.54 Å². The van der Waals surface area contributed by atoms with Gasteiger partial charge in [0.25, 0.3) is 0 Å². The van der Waals surface area contributed by atoms with E-state index in [4.69, 9.17) is 10.8 Å². The lowest BCUT2D eigenvalue weighted by Crippen LogP contribution is -2.11. The van der Waals surface area contributed by atoms with E-state index < -0.39 is 0 Å². The molecule has 1 heterocycles. The Kier molecular flexibility index (Phi) is 3.45. The summed E-state index contributed by atoms with van der Waals surface area (Å²) in [6.07, 6.45) is 3.45. The summed E-state index contributed by atoms with van der Waals surface area (Å²) in [6, 6.07) is 0. The lowest BCUT2D eigenvalue weighted by molar-refractivity contribution is 0.188. The molecule has 1 unspecified atom stereocenters. The lowest BCUT2D eigenvalue weighted by atomic mass is 10.3. The Morgan fingerprint density at radius 3 is 2.69 bits per heavy atom. The van der Waals surface area contributed by atoms with Gasteiger partial charge in [-0.25, -0.2) is 9.97 Å². The zero-order valence-electron chi connectivity index (χ0n) is 7.57. The minimum absolute atomic E-state index is 0.304. The van der Waals surface area contributed by atoms with E-state index in [1.807, 2.05) is 0 Å². The molecule has 0 saturated heterocycles. The summed E-state index contributed by atoms with van der Waals surface area (Å²) < 4.78 is 0. The monoisotopic (exact) mass is 182 g/mol. The Morgan fingerprint density at radius 1 is 1.54 bits per heavy atom. The van der Waals surface area contributed by atoms with Gasteiger partial charge in [0.05, 0.1) is 24.2 Å². The first-order valence-corrected chi connectivity index (χ1v) is 4.18. The van der Waals surface area contributed by atoms with Crippen molar-refractivity contribution in [3.05, 3.63) is 12.4 Å². The number of hydrogen-bond acceptors (Lipinski definition) is 5. The zero-order chi connectivity index (χ0) is 9.68. The van der Waals surface area contributed by atoms with E-state index in [0.717, 1.165) is 0 Å². The fraction of sp³-hybridized carbons (Fsp3) is 0.500. The number of hydrogen-bond donors (Lipinski definition) is 3. The van der Waals surface area contributed by atoms with Gasteiger partial charge in [-0.15, -0.1) is 0 Å². The molecule has 4 N–H and O–H groups in total. The van der Waals surface area contributed by atoms with Gasteiger partial charge < -0.3 is 16.2 Å². The molecule has 0 saturated carbocycles. The van der Waals surface area contributed by atoms with Crippen LogP contribution in [-0.4, -0.2) is 27.7 Å². The van der Waals surface area contributed by atoms with Crippen LogP contribution in [0.25, 0.3) is 0 Å². The predicted octanol–water partition coefficient (Wildman–Crippen LogP) is 0.242. The SMILES string of the molecule is CC(O)CCNc1ncc(N)cn1. The number of aliphatic hydroxyl groups excluding tert-OH is 1. The van der Waals surface area contributed by atoms with E-state index in [1.54, 1.807) is 6.92 Å². The van der Waals surface area contributed by atoms with Crippen molar-refractivity contribution in [3.63, 3.8) is 0 Å². The standard InChI is InChI=1S/C8H14N4O/c1-6(13)2-3-10-8-11-4-7(9)5-12-8/h4-6,13H,2-3,9H2,1H3,(H,10,11,12). The van der Waals surface area contributed by atoms with Gasteiger partial charge in [0.1, 0.15) is 0 Å². The van der Waals surface area contributed by atoms with Gasteiger partial charge in [-0.3, -0.25) is 0 Å². The minimum Gasteiger partial charge on any atom is -0.396 e. The maximum absolute atomic E-state index is 8.97. The second-order valence-electron chi connectivity index (χ2n) is 2.90. The van der Waals surface area contributed by atoms with Crippen LogP contribution in [-0.2, 0) is 0 Å². The van der Waals surface area contributed by atoms with Gasteiger partial charge in [-0.2, -0.15) is 0 Å². The maximum atomic E-state index is 8.97. The molecule has 0 fully saturated rings. The van der Waals surface area contributed by atoms with E-state index in [1.165, 1.54) is 12.4 Å². The summed E-state index contributed by atoms with van der Waals surface area (Å²) in [6.45, 7) is 2.40. The van der Waals surface area contributed by atoms with Gasteiger partial charge >= 0.3 is 0 Å².